The van der Waals surface area contributed by atoms with Crippen LogP contribution in [0.5, 0.6) is 5.75 Å². The van der Waals surface area contributed by atoms with Crippen molar-refractivity contribution < 1.29 is 9.53 Å². The summed E-state index contributed by atoms with van der Waals surface area (Å²) < 4.78 is 6.28. The number of thioether (sulfide) groups is 1. The van der Waals surface area contributed by atoms with Gasteiger partial charge in [-0.25, -0.2) is 0 Å². The van der Waals surface area contributed by atoms with Crippen molar-refractivity contribution in [3.63, 3.8) is 0 Å². The van der Waals surface area contributed by atoms with Gasteiger partial charge in [0.15, 0.2) is 5.78 Å². The maximum atomic E-state index is 12.1. The topological polar surface area (TPSA) is 26.3 Å². The molecule has 1 unspecified atom stereocenters. The van der Waals surface area contributed by atoms with E-state index in [1.54, 1.807) is 7.11 Å². The molecule has 1 heterocycles. The molecule has 16 heavy (non-hydrogen) atoms. The molecule has 0 radical (unpaired) electrons. The first-order valence-electron chi connectivity index (χ1n) is 5.13. The van der Waals surface area contributed by atoms with Gasteiger partial charge in [0.05, 0.1) is 12.7 Å². The van der Waals surface area contributed by atoms with Crippen LogP contribution in [0.3, 0.4) is 0 Å². The highest BCUT2D eigenvalue weighted by atomic mass is 79.9. The van der Waals surface area contributed by atoms with Crippen LogP contribution < -0.4 is 4.74 Å². The fourth-order valence-electron chi connectivity index (χ4n) is 1.87. The predicted molar refractivity (Wildman–Crippen MR) is 70.4 cm³/mol. The van der Waals surface area contributed by atoms with E-state index in [0.29, 0.717) is 17.4 Å². The van der Waals surface area contributed by atoms with Gasteiger partial charge in [-0.3, -0.25) is 4.79 Å². The average molecular weight is 301 g/mol. The van der Waals surface area contributed by atoms with Crippen molar-refractivity contribution in [3.8, 4) is 5.75 Å². The molecule has 0 saturated carbocycles. The van der Waals surface area contributed by atoms with Crippen LogP contribution in [0.25, 0.3) is 0 Å². The number of carbonyl (C=O) groups excluding carboxylic acids is 1. The number of ketones is 1. The lowest BCUT2D eigenvalue weighted by atomic mass is 10.0. The number of carbonyl (C=O) groups is 1. The van der Waals surface area contributed by atoms with Gasteiger partial charge in [0.2, 0.25) is 0 Å². The van der Waals surface area contributed by atoms with Crippen LogP contribution >= 0.6 is 27.7 Å². The Hall–Kier alpha value is -0.480. The standard InChI is InChI=1S/C12H13BrO2S/c1-7-5-10(14)12-8(6-16-7)9(13)3-4-11(12)15-2/h3-4,7H,5-6H2,1-2H3. The van der Waals surface area contributed by atoms with Crippen molar-refractivity contribution in [2.75, 3.05) is 7.11 Å². The third-order valence-corrected chi connectivity index (χ3v) is 4.64. The summed E-state index contributed by atoms with van der Waals surface area (Å²) in [4.78, 5) is 12.1. The van der Waals surface area contributed by atoms with E-state index in [2.05, 4.69) is 22.9 Å². The summed E-state index contributed by atoms with van der Waals surface area (Å²) in [6.07, 6.45) is 0.588. The molecule has 0 fully saturated rings. The highest BCUT2D eigenvalue weighted by Crippen LogP contribution is 2.37. The molecule has 0 aliphatic carbocycles. The first-order valence-corrected chi connectivity index (χ1v) is 6.97. The average Bonchev–Trinajstić information content (AvgIpc) is 2.40. The minimum atomic E-state index is 0.186. The van der Waals surface area contributed by atoms with Gasteiger partial charge in [0.25, 0.3) is 0 Å². The summed E-state index contributed by atoms with van der Waals surface area (Å²) in [5.41, 5.74) is 1.83. The smallest absolute Gasteiger partial charge is 0.168 e. The van der Waals surface area contributed by atoms with Crippen molar-refractivity contribution in [1.82, 2.24) is 0 Å². The number of hydrogen-bond donors (Lipinski definition) is 0. The van der Waals surface area contributed by atoms with E-state index in [1.165, 1.54) is 0 Å². The molecular weight excluding hydrogens is 288 g/mol. The quantitative estimate of drug-likeness (QED) is 0.792. The van der Waals surface area contributed by atoms with Crippen LogP contribution in [0, 0.1) is 0 Å². The van der Waals surface area contributed by atoms with E-state index >= 15 is 0 Å². The molecule has 4 heteroatoms. The summed E-state index contributed by atoms with van der Waals surface area (Å²) in [6, 6.07) is 3.79. The van der Waals surface area contributed by atoms with Crippen molar-refractivity contribution in [3.05, 3.63) is 27.7 Å². The van der Waals surface area contributed by atoms with E-state index in [-0.39, 0.29) is 5.78 Å². The second-order valence-electron chi connectivity index (χ2n) is 3.85. The number of benzene rings is 1. The molecule has 2 nitrogen and oxygen atoms in total. The molecule has 0 amide bonds. The summed E-state index contributed by atoms with van der Waals surface area (Å²) in [7, 11) is 1.61. The zero-order chi connectivity index (χ0) is 11.7. The first-order chi connectivity index (χ1) is 7.63. The highest BCUT2D eigenvalue weighted by Gasteiger charge is 2.25. The van der Waals surface area contributed by atoms with Crippen molar-refractivity contribution in [1.29, 1.82) is 0 Å². The fraction of sp³-hybridized carbons (Fsp3) is 0.417. The predicted octanol–water partition coefficient (Wildman–Crippen LogP) is 3.67. The molecule has 0 saturated heterocycles. The Bertz CT molecular complexity index is 431. The summed E-state index contributed by atoms with van der Waals surface area (Å²) >= 11 is 5.32. The van der Waals surface area contributed by atoms with Gasteiger partial charge >= 0.3 is 0 Å². The van der Waals surface area contributed by atoms with Crippen LogP contribution in [0.4, 0.5) is 0 Å². The number of methoxy groups -OCH3 is 1. The van der Waals surface area contributed by atoms with Gasteiger partial charge in [-0.15, -0.1) is 0 Å². The molecule has 1 aliphatic heterocycles. The number of rotatable bonds is 1. The Labute approximate surface area is 108 Å². The van der Waals surface area contributed by atoms with E-state index in [0.717, 1.165) is 21.4 Å². The largest absolute Gasteiger partial charge is 0.496 e. The minimum Gasteiger partial charge on any atom is -0.496 e. The lowest BCUT2D eigenvalue weighted by Crippen LogP contribution is -2.07. The van der Waals surface area contributed by atoms with Crippen LogP contribution in [0.1, 0.15) is 29.3 Å². The second kappa shape index (κ2) is 4.80. The number of halogens is 1. The van der Waals surface area contributed by atoms with Crippen molar-refractivity contribution >= 4 is 33.5 Å². The van der Waals surface area contributed by atoms with Crippen molar-refractivity contribution in [2.24, 2.45) is 0 Å². The van der Waals surface area contributed by atoms with Gasteiger partial charge < -0.3 is 4.74 Å². The molecule has 86 valence electrons. The SMILES string of the molecule is COc1ccc(Br)c2c1C(=O)CC(C)SC2. The third-order valence-electron chi connectivity index (χ3n) is 2.70. The number of ether oxygens (including phenoxy) is 1. The summed E-state index contributed by atoms with van der Waals surface area (Å²) in [5.74, 6) is 1.74. The zero-order valence-corrected chi connectivity index (χ0v) is 11.7. The Morgan fingerprint density at radius 1 is 1.50 bits per heavy atom. The van der Waals surface area contributed by atoms with E-state index in [1.807, 2.05) is 23.9 Å². The lowest BCUT2D eigenvalue weighted by molar-refractivity contribution is 0.0980. The molecule has 0 bridgehead atoms. The lowest BCUT2D eigenvalue weighted by Gasteiger charge is -2.11. The van der Waals surface area contributed by atoms with Gasteiger partial charge in [-0.1, -0.05) is 22.9 Å². The maximum absolute atomic E-state index is 12.1. The molecule has 2 rings (SSSR count). The van der Waals surface area contributed by atoms with E-state index in [4.69, 9.17) is 4.74 Å². The van der Waals surface area contributed by atoms with Gasteiger partial charge in [-0.2, -0.15) is 11.8 Å². The first kappa shape index (κ1) is 12.0. The number of Topliss-reactive ketones (excluding diaryl/α,β-unsaturated/α-hetero) is 1. The zero-order valence-electron chi connectivity index (χ0n) is 9.25. The minimum absolute atomic E-state index is 0.186. The Kier molecular flexibility index (Phi) is 3.60. The van der Waals surface area contributed by atoms with Crippen molar-refractivity contribution in [2.45, 2.75) is 24.3 Å². The monoisotopic (exact) mass is 300 g/mol. The Morgan fingerprint density at radius 3 is 2.94 bits per heavy atom. The fourth-order valence-corrected chi connectivity index (χ4v) is 3.54. The molecule has 0 aromatic heterocycles. The summed E-state index contributed by atoms with van der Waals surface area (Å²) in [5, 5.41) is 0.372. The van der Waals surface area contributed by atoms with Crippen LogP contribution in [0.2, 0.25) is 0 Å². The second-order valence-corrected chi connectivity index (χ2v) is 6.13. The van der Waals surface area contributed by atoms with Crippen LogP contribution in [-0.4, -0.2) is 18.1 Å². The number of fused-ring (bicyclic) bond motifs is 1. The van der Waals surface area contributed by atoms with Crippen LogP contribution in [-0.2, 0) is 5.75 Å². The number of hydrogen-bond acceptors (Lipinski definition) is 3. The van der Waals surface area contributed by atoms with Crippen LogP contribution in [0.15, 0.2) is 16.6 Å². The highest BCUT2D eigenvalue weighted by molar-refractivity contribution is 9.10. The molecule has 0 spiro atoms. The van der Waals surface area contributed by atoms with Gasteiger partial charge in [0.1, 0.15) is 5.75 Å². The summed E-state index contributed by atoms with van der Waals surface area (Å²) in [6.45, 7) is 2.09. The molecule has 1 atom stereocenters. The van der Waals surface area contributed by atoms with E-state index < -0.39 is 0 Å². The Morgan fingerprint density at radius 2 is 2.25 bits per heavy atom. The Balaban J connectivity index is 2.57. The van der Waals surface area contributed by atoms with Gasteiger partial charge in [-0.05, 0) is 17.7 Å². The molecule has 1 aliphatic rings. The maximum Gasteiger partial charge on any atom is 0.168 e. The molecule has 0 N–H and O–H groups in total. The third kappa shape index (κ3) is 2.13. The van der Waals surface area contributed by atoms with Gasteiger partial charge in [0, 0.05) is 21.9 Å². The van der Waals surface area contributed by atoms with E-state index in [9.17, 15) is 4.79 Å². The molecule has 1 aromatic rings. The normalized spacial score (nSPS) is 20.2. The molecular formula is C12H13BrO2S. The molecule has 1 aromatic carbocycles.